The van der Waals surface area contributed by atoms with E-state index in [1.54, 1.807) is 18.2 Å². The molecule has 0 unspecified atom stereocenters. The zero-order chi connectivity index (χ0) is 15.2. The van der Waals surface area contributed by atoms with Gasteiger partial charge in [0, 0.05) is 21.6 Å². The zero-order valence-electron chi connectivity index (χ0n) is 10.9. The van der Waals surface area contributed by atoms with Gasteiger partial charge in [-0.25, -0.2) is 0 Å². The summed E-state index contributed by atoms with van der Waals surface area (Å²) in [5.41, 5.74) is 1.45. The van der Waals surface area contributed by atoms with Crippen molar-refractivity contribution in [3.8, 4) is 0 Å². The molecule has 2 rings (SSSR count). The van der Waals surface area contributed by atoms with Gasteiger partial charge in [0.15, 0.2) is 5.11 Å². The van der Waals surface area contributed by atoms with Crippen molar-refractivity contribution < 1.29 is 4.79 Å². The first-order valence-corrected chi connectivity index (χ1v) is 7.72. The third kappa shape index (κ3) is 4.81. The Morgan fingerprint density at radius 3 is 2.67 bits per heavy atom. The van der Waals surface area contributed by atoms with Crippen LogP contribution in [0, 0.1) is 0 Å². The molecule has 3 nitrogen and oxygen atoms in total. The molecule has 0 aliphatic carbocycles. The molecule has 0 fully saturated rings. The SMILES string of the molecule is O=C(NC(=S)NCc1ccccc1Cl)c1cccc(Br)c1. The van der Waals surface area contributed by atoms with Crippen molar-refractivity contribution in [3.05, 3.63) is 69.2 Å². The van der Waals surface area contributed by atoms with E-state index in [2.05, 4.69) is 26.6 Å². The van der Waals surface area contributed by atoms with E-state index in [0.717, 1.165) is 10.0 Å². The summed E-state index contributed by atoms with van der Waals surface area (Å²) in [6.45, 7) is 0.456. The number of halogens is 2. The molecule has 108 valence electrons. The minimum atomic E-state index is -0.257. The predicted octanol–water partition coefficient (Wildman–Crippen LogP) is 3.91. The third-order valence-corrected chi connectivity index (χ3v) is 3.82. The molecule has 2 N–H and O–H groups in total. The van der Waals surface area contributed by atoms with E-state index in [1.807, 2.05) is 30.3 Å². The summed E-state index contributed by atoms with van der Waals surface area (Å²) in [5, 5.41) is 6.51. The smallest absolute Gasteiger partial charge is 0.257 e. The molecule has 1 amide bonds. The van der Waals surface area contributed by atoms with Crippen molar-refractivity contribution in [1.82, 2.24) is 10.6 Å². The molecule has 0 atom stereocenters. The van der Waals surface area contributed by atoms with Crippen molar-refractivity contribution >= 4 is 50.8 Å². The molecule has 2 aromatic rings. The minimum Gasteiger partial charge on any atom is -0.358 e. The highest BCUT2D eigenvalue weighted by molar-refractivity contribution is 9.10. The molecule has 0 aliphatic heterocycles. The van der Waals surface area contributed by atoms with E-state index in [-0.39, 0.29) is 11.0 Å². The van der Waals surface area contributed by atoms with Crippen LogP contribution in [0.4, 0.5) is 0 Å². The lowest BCUT2D eigenvalue weighted by atomic mass is 10.2. The minimum absolute atomic E-state index is 0.257. The van der Waals surface area contributed by atoms with Crippen LogP contribution in [0.5, 0.6) is 0 Å². The Morgan fingerprint density at radius 2 is 1.95 bits per heavy atom. The normalized spacial score (nSPS) is 10.0. The third-order valence-electron chi connectivity index (χ3n) is 2.71. The Balaban J connectivity index is 1.90. The monoisotopic (exact) mass is 382 g/mol. The zero-order valence-corrected chi connectivity index (χ0v) is 14.1. The molecule has 0 saturated heterocycles. The second-order valence-corrected chi connectivity index (χ2v) is 5.97. The molecule has 2 aromatic carbocycles. The quantitative estimate of drug-likeness (QED) is 0.790. The lowest BCUT2D eigenvalue weighted by molar-refractivity contribution is 0.0976. The van der Waals surface area contributed by atoms with Crippen LogP contribution in [0.2, 0.25) is 5.02 Å². The largest absolute Gasteiger partial charge is 0.358 e. The fourth-order valence-corrected chi connectivity index (χ4v) is 2.43. The van der Waals surface area contributed by atoms with E-state index in [1.165, 1.54) is 0 Å². The number of thiocarbonyl (C=S) groups is 1. The maximum absolute atomic E-state index is 12.0. The Morgan fingerprint density at radius 1 is 1.19 bits per heavy atom. The Kier molecular flexibility index (Phi) is 5.73. The predicted molar refractivity (Wildman–Crippen MR) is 92.5 cm³/mol. The highest BCUT2D eigenvalue weighted by Crippen LogP contribution is 2.14. The van der Waals surface area contributed by atoms with Crippen molar-refractivity contribution in [2.75, 3.05) is 0 Å². The van der Waals surface area contributed by atoms with E-state index in [0.29, 0.717) is 17.1 Å². The number of nitrogens with one attached hydrogen (secondary N) is 2. The van der Waals surface area contributed by atoms with Gasteiger partial charge in [-0.15, -0.1) is 0 Å². The number of amides is 1. The van der Waals surface area contributed by atoms with Crippen LogP contribution in [0.25, 0.3) is 0 Å². The van der Waals surface area contributed by atoms with Gasteiger partial charge in [-0.05, 0) is 42.0 Å². The molecule has 0 radical (unpaired) electrons. The first kappa shape index (κ1) is 15.9. The molecule has 0 aliphatic rings. The van der Waals surface area contributed by atoms with Crippen molar-refractivity contribution in [3.63, 3.8) is 0 Å². The van der Waals surface area contributed by atoms with Crippen LogP contribution in [0.1, 0.15) is 15.9 Å². The molecule has 0 heterocycles. The van der Waals surface area contributed by atoms with Crippen LogP contribution < -0.4 is 10.6 Å². The Hall–Kier alpha value is -1.43. The molecule has 0 spiro atoms. The summed E-state index contributed by atoms with van der Waals surface area (Å²) in [6, 6.07) is 14.5. The van der Waals surface area contributed by atoms with Crippen molar-refractivity contribution in [2.45, 2.75) is 6.54 Å². The molecular weight excluding hydrogens is 372 g/mol. The van der Waals surface area contributed by atoms with E-state index in [9.17, 15) is 4.79 Å². The average Bonchev–Trinajstić information content (AvgIpc) is 2.46. The number of benzene rings is 2. The second-order valence-electron chi connectivity index (χ2n) is 4.24. The van der Waals surface area contributed by atoms with Gasteiger partial charge in [-0.3, -0.25) is 10.1 Å². The van der Waals surface area contributed by atoms with Crippen molar-refractivity contribution in [2.24, 2.45) is 0 Å². The van der Waals surface area contributed by atoms with Gasteiger partial charge < -0.3 is 5.32 Å². The number of carbonyl (C=O) groups is 1. The average molecular weight is 384 g/mol. The highest BCUT2D eigenvalue weighted by Gasteiger charge is 2.08. The number of hydrogen-bond donors (Lipinski definition) is 2. The topological polar surface area (TPSA) is 41.1 Å². The van der Waals surface area contributed by atoms with E-state index in [4.69, 9.17) is 23.8 Å². The number of carbonyl (C=O) groups excluding carboxylic acids is 1. The van der Waals surface area contributed by atoms with Gasteiger partial charge in [0.25, 0.3) is 5.91 Å². The summed E-state index contributed by atoms with van der Waals surface area (Å²) in [4.78, 5) is 12.0. The van der Waals surface area contributed by atoms with Crippen LogP contribution in [0.3, 0.4) is 0 Å². The summed E-state index contributed by atoms with van der Waals surface area (Å²) in [6.07, 6.45) is 0. The summed E-state index contributed by atoms with van der Waals surface area (Å²) in [7, 11) is 0. The van der Waals surface area contributed by atoms with Crippen LogP contribution >= 0.6 is 39.7 Å². The maximum Gasteiger partial charge on any atom is 0.257 e. The molecular formula is C15H12BrClN2OS. The van der Waals surface area contributed by atoms with Gasteiger partial charge >= 0.3 is 0 Å². The van der Waals surface area contributed by atoms with Gasteiger partial charge in [-0.2, -0.15) is 0 Å². The standard InChI is InChI=1S/C15H12BrClN2OS/c16-12-6-3-5-10(8-12)14(20)19-15(21)18-9-11-4-1-2-7-13(11)17/h1-8H,9H2,(H2,18,19,20,21). The van der Waals surface area contributed by atoms with Crippen LogP contribution in [-0.4, -0.2) is 11.0 Å². The molecule has 21 heavy (non-hydrogen) atoms. The number of hydrogen-bond acceptors (Lipinski definition) is 2. The lowest BCUT2D eigenvalue weighted by Crippen LogP contribution is -2.38. The van der Waals surface area contributed by atoms with Gasteiger partial charge in [0.2, 0.25) is 0 Å². The molecule has 0 aromatic heterocycles. The molecule has 0 bridgehead atoms. The number of rotatable bonds is 3. The van der Waals surface area contributed by atoms with Gasteiger partial charge in [0.05, 0.1) is 0 Å². The van der Waals surface area contributed by atoms with E-state index >= 15 is 0 Å². The van der Waals surface area contributed by atoms with Crippen LogP contribution in [0.15, 0.2) is 53.0 Å². The lowest BCUT2D eigenvalue weighted by Gasteiger charge is -2.10. The summed E-state index contributed by atoms with van der Waals surface area (Å²) >= 11 is 14.5. The molecule has 0 saturated carbocycles. The van der Waals surface area contributed by atoms with E-state index < -0.39 is 0 Å². The van der Waals surface area contributed by atoms with Gasteiger partial charge in [0.1, 0.15) is 0 Å². The first-order valence-electron chi connectivity index (χ1n) is 6.14. The van der Waals surface area contributed by atoms with Gasteiger partial charge in [-0.1, -0.05) is 51.8 Å². The second kappa shape index (κ2) is 7.54. The van der Waals surface area contributed by atoms with Crippen molar-refractivity contribution in [1.29, 1.82) is 0 Å². The first-order chi connectivity index (χ1) is 10.1. The highest BCUT2D eigenvalue weighted by atomic mass is 79.9. The molecule has 6 heteroatoms. The Bertz CT molecular complexity index is 678. The Labute approximate surface area is 141 Å². The summed E-state index contributed by atoms with van der Waals surface area (Å²) < 4.78 is 0.838. The fourth-order valence-electron chi connectivity index (χ4n) is 1.67. The maximum atomic E-state index is 12.0. The fraction of sp³-hybridized carbons (Fsp3) is 0.0667. The van der Waals surface area contributed by atoms with Crippen LogP contribution in [-0.2, 0) is 6.54 Å². The summed E-state index contributed by atoms with van der Waals surface area (Å²) in [5.74, 6) is -0.257.